The molecule has 174 valence electrons. The Hall–Kier alpha value is -0.730. The van der Waals surface area contributed by atoms with Crippen LogP contribution < -0.4 is 0 Å². The van der Waals surface area contributed by atoms with E-state index in [1.54, 1.807) is 0 Å². The molecule has 0 spiro atoms. The third-order valence-electron chi connectivity index (χ3n) is 3.36. The number of halogens is 2. The van der Waals surface area contributed by atoms with E-state index in [-0.39, 0.29) is 0 Å². The fraction of sp³-hybridized carbons (Fsp3) is 0.400. The molecule has 31 heavy (non-hydrogen) atoms. The number of terminal acetylenes is 1. The second kappa shape index (κ2) is 8.90. The van der Waals surface area contributed by atoms with Crippen molar-refractivity contribution in [1.29, 1.82) is 0 Å². The van der Waals surface area contributed by atoms with Crippen LogP contribution in [0.4, 0.5) is 8.78 Å². The standard InChI is InChI=1S/C10H11F2N2O12P3S2/c1-2-10(12)5(15)7(23-8(10)14-3-4(11)6(30)13-9(14)31)24-28(19,20)26-29(21,22)25-27(16,17)18/h1,3,5,7-8,15H,(H,19,20)(H,21,22)(H,13,30,31)(H2,16,17,18)/t5-,7+,8+,10?/m0/s1. The highest BCUT2D eigenvalue weighted by molar-refractivity contribution is 7.72. The third kappa shape index (κ3) is 6.20. The highest BCUT2D eigenvalue weighted by atomic mass is 32.1. The number of phosphoric ester groups is 1. The zero-order valence-electron chi connectivity index (χ0n) is 14.3. The van der Waals surface area contributed by atoms with E-state index < -0.39 is 63.0 Å². The zero-order chi connectivity index (χ0) is 24.0. The second-order valence-electron chi connectivity index (χ2n) is 5.55. The van der Waals surface area contributed by atoms with Crippen LogP contribution in [0.15, 0.2) is 6.20 Å². The van der Waals surface area contributed by atoms with E-state index in [2.05, 4.69) is 30.3 Å². The average Bonchev–Trinajstić information content (AvgIpc) is 2.79. The number of hydrogen-bond acceptors (Lipinski definition) is 10. The Kier molecular flexibility index (Phi) is 7.61. The normalized spacial score (nSPS) is 30.3. The van der Waals surface area contributed by atoms with Crippen LogP contribution in [0, 0.1) is 27.6 Å². The highest BCUT2D eigenvalue weighted by Gasteiger charge is 2.60. The zero-order valence-corrected chi connectivity index (χ0v) is 18.7. The first-order valence-corrected chi connectivity index (χ1v) is 12.6. The number of alkyl halides is 1. The predicted octanol–water partition coefficient (Wildman–Crippen LogP) is 1.31. The maximum absolute atomic E-state index is 15.2. The SMILES string of the molecule is C#CC1(F)[C@@H](O)[C@@H](OP(=O)(O)OP(=O)(O)OP(=O)(O)O)O[C@H]1n1cc(F)c(=S)[nH]c1=S. The number of hydrogen-bond donors (Lipinski definition) is 6. The van der Waals surface area contributed by atoms with Gasteiger partial charge in [0.15, 0.2) is 22.9 Å². The van der Waals surface area contributed by atoms with Gasteiger partial charge in [-0.1, -0.05) is 18.1 Å². The molecule has 0 aromatic carbocycles. The Morgan fingerprint density at radius 2 is 1.81 bits per heavy atom. The first kappa shape index (κ1) is 26.5. The Labute approximate surface area is 180 Å². The summed E-state index contributed by atoms with van der Waals surface area (Å²) in [6, 6.07) is 0. The van der Waals surface area contributed by atoms with Gasteiger partial charge < -0.3 is 34.4 Å². The van der Waals surface area contributed by atoms with Crippen molar-refractivity contribution in [3.63, 3.8) is 0 Å². The van der Waals surface area contributed by atoms with Crippen LogP contribution in [-0.2, 0) is 31.6 Å². The molecule has 1 aliphatic rings. The number of aromatic amines is 1. The molecule has 3 unspecified atom stereocenters. The fourth-order valence-corrected chi connectivity index (χ4v) is 5.77. The number of aliphatic hydroxyl groups is 1. The maximum atomic E-state index is 15.2. The van der Waals surface area contributed by atoms with Crippen molar-refractivity contribution in [3.05, 3.63) is 21.4 Å². The molecule has 6 N–H and O–H groups in total. The highest BCUT2D eigenvalue weighted by Crippen LogP contribution is 2.67. The Bertz CT molecular complexity index is 1180. The number of ether oxygens (including phenoxy) is 1. The molecular weight excluding hydrogens is 535 g/mol. The summed E-state index contributed by atoms with van der Waals surface area (Å²) in [6.07, 6.45) is -1.64. The Morgan fingerprint density at radius 1 is 1.23 bits per heavy atom. The van der Waals surface area contributed by atoms with Gasteiger partial charge in [0, 0.05) is 6.20 Å². The number of nitrogens with one attached hydrogen (secondary N) is 1. The molecular formula is C10H11F2N2O12P3S2. The maximum Gasteiger partial charge on any atom is 0.490 e. The number of H-pyrrole nitrogens is 1. The van der Waals surface area contributed by atoms with Crippen LogP contribution in [0.3, 0.4) is 0 Å². The monoisotopic (exact) mass is 546 g/mol. The summed E-state index contributed by atoms with van der Waals surface area (Å²) in [5.74, 6) is 0.386. The minimum atomic E-state index is -5.91. The van der Waals surface area contributed by atoms with E-state index in [4.69, 9.17) is 38.1 Å². The fourth-order valence-electron chi connectivity index (χ4n) is 2.22. The minimum absolute atomic E-state index is 0.445. The van der Waals surface area contributed by atoms with Crippen molar-refractivity contribution in [1.82, 2.24) is 9.55 Å². The molecule has 0 aliphatic carbocycles. The topological polar surface area (TPSA) is 210 Å². The largest absolute Gasteiger partial charge is 0.490 e. The molecule has 1 aromatic rings. The molecule has 1 saturated heterocycles. The lowest BCUT2D eigenvalue weighted by molar-refractivity contribution is -0.135. The summed E-state index contributed by atoms with van der Waals surface area (Å²) in [4.78, 5) is 37.8. The van der Waals surface area contributed by atoms with Gasteiger partial charge in [-0.3, -0.25) is 9.09 Å². The summed E-state index contributed by atoms with van der Waals surface area (Å²) >= 11 is 9.45. The van der Waals surface area contributed by atoms with Crippen LogP contribution in [0.25, 0.3) is 0 Å². The predicted molar refractivity (Wildman–Crippen MR) is 97.9 cm³/mol. The minimum Gasteiger partial charge on any atom is -0.383 e. The van der Waals surface area contributed by atoms with Crippen LogP contribution in [-0.4, -0.2) is 52.3 Å². The van der Waals surface area contributed by atoms with E-state index in [1.165, 1.54) is 5.92 Å². The van der Waals surface area contributed by atoms with Crippen molar-refractivity contribution < 1.29 is 65.0 Å². The number of phosphoric acid groups is 3. The molecule has 0 bridgehead atoms. The number of nitrogens with zero attached hydrogens (tertiary/aromatic N) is 1. The summed E-state index contributed by atoms with van der Waals surface area (Å²) in [6.45, 7) is 0. The van der Waals surface area contributed by atoms with Gasteiger partial charge >= 0.3 is 23.5 Å². The van der Waals surface area contributed by atoms with Crippen LogP contribution in [0.5, 0.6) is 0 Å². The van der Waals surface area contributed by atoms with Gasteiger partial charge in [0.05, 0.1) is 0 Å². The molecule has 2 rings (SSSR count). The van der Waals surface area contributed by atoms with Crippen molar-refractivity contribution in [2.45, 2.75) is 24.3 Å². The van der Waals surface area contributed by atoms with Gasteiger partial charge in [-0.05, 0) is 12.2 Å². The van der Waals surface area contributed by atoms with E-state index in [0.717, 1.165) is 0 Å². The molecule has 6 atom stereocenters. The van der Waals surface area contributed by atoms with Gasteiger partial charge in [-0.2, -0.15) is 8.62 Å². The van der Waals surface area contributed by atoms with E-state index >= 15 is 4.39 Å². The Morgan fingerprint density at radius 3 is 2.32 bits per heavy atom. The molecule has 21 heteroatoms. The smallest absolute Gasteiger partial charge is 0.383 e. The molecule has 0 amide bonds. The molecule has 0 saturated carbocycles. The van der Waals surface area contributed by atoms with Crippen LogP contribution >= 0.6 is 47.9 Å². The molecule has 1 fully saturated rings. The summed E-state index contributed by atoms with van der Waals surface area (Å²) in [7, 11) is -17.4. The lowest BCUT2D eigenvalue weighted by atomic mass is 10.00. The van der Waals surface area contributed by atoms with Gasteiger partial charge in [0.25, 0.3) is 0 Å². The summed E-state index contributed by atoms with van der Waals surface area (Å²) in [5, 5.41) is 10.1. The Balaban J connectivity index is 2.35. The third-order valence-corrected chi connectivity index (χ3v) is 7.77. The first-order chi connectivity index (χ1) is 13.9. The molecule has 0 radical (unpaired) electrons. The second-order valence-corrected chi connectivity index (χ2v) is 10.7. The lowest BCUT2D eigenvalue weighted by Gasteiger charge is -2.24. The molecule has 1 aromatic heterocycles. The number of aliphatic hydroxyl groups excluding tert-OH is 1. The number of aromatic nitrogens is 2. The van der Waals surface area contributed by atoms with Crippen LogP contribution in [0.1, 0.15) is 6.23 Å². The molecule has 1 aliphatic heterocycles. The first-order valence-electron chi connectivity index (χ1n) is 7.24. The van der Waals surface area contributed by atoms with Gasteiger partial charge in [0.2, 0.25) is 12.0 Å². The molecule has 14 nitrogen and oxygen atoms in total. The van der Waals surface area contributed by atoms with E-state index in [0.29, 0.717) is 10.8 Å². The van der Waals surface area contributed by atoms with Gasteiger partial charge in [0.1, 0.15) is 4.64 Å². The molecule has 2 heterocycles. The van der Waals surface area contributed by atoms with Crippen molar-refractivity contribution in [2.75, 3.05) is 0 Å². The van der Waals surface area contributed by atoms with E-state index in [1.807, 2.05) is 0 Å². The summed E-state index contributed by atoms with van der Waals surface area (Å²) < 4.78 is 78.6. The number of rotatable bonds is 7. The van der Waals surface area contributed by atoms with Crippen LogP contribution in [0.2, 0.25) is 0 Å². The van der Waals surface area contributed by atoms with Gasteiger partial charge in [-0.15, -0.1) is 6.42 Å². The van der Waals surface area contributed by atoms with E-state index in [9.17, 15) is 28.1 Å². The average molecular weight is 546 g/mol. The van der Waals surface area contributed by atoms with Gasteiger partial charge in [-0.25, -0.2) is 22.5 Å². The van der Waals surface area contributed by atoms with Crippen molar-refractivity contribution in [3.8, 4) is 12.3 Å². The quantitative estimate of drug-likeness (QED) is 0.162. The van der Waals surface area contributed by atoms with Crippen molar-refractivity contribution >= 4 is 47.9 Å². The van der Waals surface area contributed by atoms with Crippen molar-refractivity contribution in [2.24, 2.45) is 0 Å². The lowest BCUT2D eigenvalue weighted by Crippen LogP contribution is -2.41. The summed E-state index contributed by atoms with van der Waals surface area (Å²) in [5.41, 5.74) is -3.27.